The summed E-state index contributed by atoms with van der Waals surface area (Å²) >= 11 is 0. The molecule has 1 N–H and O–H groups in total. The number of nitrogens with one attached hydrogen (secondary N) is 1. The molecule has 1 unspecified atom stereocenters. The Hall–Kier alpha value is -1.39. The summed E-state index contributed by atoms with van der Waals surface area (Å²) in [6.45, 7) is 3.55. The number of ether oxygens (including phenoxy) is 2. The molecule has 110 valence electrons. The second-order valence-electron chi connectivity index (χ2n) is 5.02. The normalized spacial score (nSPS) is 17.6. The third-order valence-electron chi connectivity index (χ3n) is 3.55. The van der Waals surface area contributed by atoms with Crippen LogP contribution in [0.3, 0.4) is 0 Å². The summed E-state index contributed by atoms with van der Waals surface area (Å²) in [4.78, 5) is 11.1. The van der Waals surface area contributed by atoms with Crippen molar-refractivity contribution in [1.29, 1.82) is 0 Å². The summed E-state index contributed by atoms with van der Waals surface area (Å²) in [6, 6.07) is 9.14. The molecule has 0 radical (unpaired) electrons. The topological polar surface area (TPSA) is 47.6 Å². The van der Waals surface area contributed by atoms with Gasteiger partial charge in [-0.1, -0.05) is 24.3 Å². The molecule has 20 heavy (non-hydrogen) atoms. The number of esters is 1. The van der Waals surface area contributed by atoms with Crippen LogP contribution in [-0.4, -0.2) is 38.4 Å². The summed E-state index contributed by atoms with van der Waals surface area (Å²) in [6.07, 6.45) is 3.38. The van der Waals surface area contributed by atoms with Crippen molar-refractivity contribution in [2.45, 2.75) is 32.2 Å². The number of rotatable bonds is 7. The zero-order chi connectivity index (χ0) is 14.2. The van der Waals surface area contributed by atoms with E-state index < -0.39 is 0 Å². The summed E-state index contributed by atoms with van der Waals surface area (Å²) in [5.41, 5.74) is 2.92. The maximum absolute atomic E-state index is 11.1. The van der Waals surface area contributed by atoms with Crippen molar-refractivity contribution in [3.63, 3.8) is 0 Å². The van der Waals surface area contributed by atoms with Crippen LogP contribution in [0.1, 0.15) is 24.5 Å². The van der Waals surface area contributed by atoms with Crippen LogP contribution >= 0.6 is 0 Å². The van der Waals surface area contributed by atoms with Crippen molar-refractivity contribution in [2.24, 2.45) is 0 Å². The molecule has 0 aromatic heterocycles. The minimum atomic E-state index is -0.293. The second-order valence-corrected chi connectivity index (χ2v) is 5.02. The number of aryl methyl sites for hydroxylation is 1. The van der Waals surface area contributed by atoms with Crippen LogP contribution in [0.2, 0.25) is 0 Å². The Morgan fingerprint density at radius 3 is 2.95 bits per heavy atom. The number of fused-ring (bicyclic) bond motifs is 1. The Balaban J connectivity index is 1.61. The van der Waals surface area contributed by atoms with E-state index in [0.717, 1.165) is 25.8 Å². The Kier molecular flexibility index (Phi) is 6.02. The molecule has 0 amide bonds. The van der Waals surface area contributed by atoms with Gasteiger partial charge in [-0.05, 0) is 37.3 Å². The van der Waals surface area contributed by atoms with Gasteiger partial charge >= 0.3 is 5.97 Å². The molecule has 1 aromatic carbocycles. The molecule has 1 aromatic rings. The predicted octanol–water partition coefficient (Wildman–Crippen LogP) is 1.71. The van der Waals surface area contributed by atoms with Crippen LogP contribution in [0.25, 0.3) is 0 Å². The van der Waals surface area contributed by atoms with Crippen molar-refractivity contribution in [2.75, 3.05) is 26.4 Å². The lowest BCUT2D eigenvalue weighted by Gasteiger charge is -2.25. The third-order valence-corrected chi connectivity index (χ3v) is 3.55. The van der Waals surface area contributed by atoms with Crippen LogP contribution in [0, 0.1) is 0 Å². The highest BCUT2D eigenvalue weighted by molar-refractivity contribution is 5.70. The first kappa shape index (κ1) is 15.0. The van der Waals surface area contributed by atoms with Gasteiger partial charge < -0.3 is 14.8 Å². The van der Waals surface area contributed by atoms with Crippen molar-refractivity contribution < 1.29 is 14.3 Å². The van der Waals surface area contributed by atoms with Crippen LogP contribution in [0.15, 0.2) is 24.3 Å². The molecule has 0 bridgehead atoms. The highest BCUT2D eigenvalue weighted by Gasteiger charge is 2.17. The highest BCUT2D eigenvalue weighted by Crippen LogP contribution is 2.20. The van der Waals surface area contributed by atoms with Gasteiger partial charge in [-0.2, -0.15) is 0 Å². The molecule has 1 atom stereocenters. The van der Waals surface area contributed by atoms with E-state index in [1.807, 2.05) is 0 Å². The van der Waals surface area contributed by atoms with Gasteiger partial charge in [0.05, 0.1) is 13.2 Å². The predicted molar refractivity (Wildman–Crippen MR) is 77.7 cm³/mol. The summed E-state index contributed by atoms with van der Waals surface area (Å²) < 4.78 is 10.1. The van der Waals surface area contributed by atoms with Gasteiger partial charge in [0.2, 0.25) is 0 Å². The van der Waals surface area contributed by atoms with Crippen LogP contribution in [0.4, 0.5) is 0 Å². The van der Waals surface area contributed by atoms with Gasteiger partial charge in [-0.25, -0.2) is 4.79 Å². The Labute approximate surface area is 120 Å². The molecule has 4 nitrogen and oxygen atoms in total. The molecular weight excluding hydrogens is 254 g/mol. The molecule has 4 heteroatoms. The van der Waals surface area contributed by atoms with E-state index in [2.05, 4.69) is 29.6 Å². The first-order valence-electron chi connectivity index (χ1n) is 7.33. The lowest BCUT2D eigenvalue weighted by Crippen LogP contribution is -2.36. The zero-order valence-corrected chi connectivity index (χ0v) is 12.1. The van der Waals surface area contributed by atoms with Gasteiger partial charge in [0, 0.05) is 12.6 Å². The Bertz CT molecular complexity index is 433. The van der Waals surface area contributed by atoms with Crippen LogP contribution < -0.4 is 5.32 Å². The van der Waals surface area contributed by atoms with E-state index in [0.29, 0.717) is 19.3 Å². The number of carbonyl (C=O) groups excluding carboxylic acids is 1. The average molecular weight is 277 g/mol. The molecule has 0 heterocycles. The van der Waals surface area contributed by atoms with E-state index in [9.17, 15) is 4.79 Å². The standard InChI is InChI=1S/C16H23NO3/c1-2-20-16(18)12-19-10-9-17-15-8-7-13-5-3-4-6-14(13)11-15/h3-6,15,17H,2,7-12H2,1H3. The van der Waals surface area contributed by atoms with E-state index >= 15 is 0 Å². The van der Waals surface area contributed by atoms with Crippen molar-refractivity contribution in [3.8, 4) is 0 Å². The molecule has 0 saturated heterocycles. The van der Waals surface area contributed by atoms with Crippen molar-refractivity contribution >= 4 is 5.97 Å². The Morgan fingerprint density at radius 2 is 2.15 bits per heavy atom. The smallest absolute Gasteiger partial charge is 0.332 e. The molecule has 0 aliphatic heterocycles. The number of hydrogen-bond donors (Lipinski definition) is 1. The molecular formula is C16H23NO3. The molecule has 0 saturated carbocycles. The highest BCUT2D eigenvalue weighted by atomic mass is 16.6. The second kappa shape index (κ2) is 8.02. The SMILES string of the molecule is CCOC(=O)COCCNC1CCc2ccccc2C1. The van der Waals surface area contributed by atoms with E-state index in [-0.39, 0.29) is 12.6 Å². The summed E-state index contributed by atoms with van der Waals surface area (Å²) in [5, 5.41) is 3.49. The number of benzene rings is 1. The van der Waals surface area contributed by atoms with Gasteiger partial charge in [0.15, 0.2) is 0 Å². The van der Waals surface area contributed by atoms with E-state index in [4.69, 9.17) is 9.47 Å². The average Bonchev–Trinajstić information content (AvgIpc) is 2.47. The van der Waals surface area contributed by atoms with Gasteiger partial charge in [0.25, 0.3) is 0 Å². The largest absolute Gasteiger partial charge is 0.464 e. The molecule has 0 spiro atoms. The minimum Gasteiger partial charge on any atom is -0.464 e. The van der Waals surface area contributed by atoms with Crippen LogP contribution in [-0.2, 0) is 27.1 Å². The monoisotopic (exact) mass is 277 g/mol. The first-order valence-corrected chi connectivity index (χ1v) is 7.33. The maximum atomic E-state index is 11.1. The third kappa shape index (κ3) is 4.62. The van der Waals surface area contributed by atoms with Gasteiger partial charge in [0.1, 0.15) is 6.61 Å². The molecule has 1 aliphatic rings. The lowest BCUT2D eigenvalue weighted by molar-refractivity contribution is -0.148. The Morgan fingerprint density at radius 1 is 1.35 bits per heavy atom. The first-order chi connectivity index (χ1) is 9.79. The number of carbonyl (C=O) groups is 1. The van der Waals surface area contributed by atoms with Crippen molar-refractivity contribution in [3.05, 3.63) is 35.4 Å². The molecule has 0 fully saturated rings. The zero-order valence-electron chi connectivity index (χ0n) is 12.1. The van der Waals surface area contributed by atoms with E-state index in [1.54, 1.807) is 6.92 Å². The fraction of sp³-hybridized carbons (Fsp3) is 0.562. The quantitative estimate of drug-likeness (QED) is 0.609. The fourth-order valence-corrected chi connectivity index (χ4v) is 2.57. The molecule has 2 rings (SSSR count). The van der Waals surface area contributed by atoms with Gasteiger partial charge in [-0.3, -0.25) is 0 Å². The van der Waals surface area contributed by atoms with Gasteiger partial charge in [-0.15, -0.1) is 0 Å². The molecule has 1 aliphatic carbocycles. The van der Waals surface area contributed by atoms with Crippen LogP contribution in [0.5, 0.6) is 0 Å². The fourth-order valence-electron chi connectivity index (χ4n) is 2.57. The maximum Gasteiger partial charge on any atom is 0.332 e. The summed E-state index contributed by atoms with van der Waals surface area (Å²) in [5.74, 6) is -0.293. The minimum absolute atomic E-state index is 0.0447. The van der Waals surface area contributed by atoms with E-state index in [1.165, 1.54) is 11.1 Å². The van der Waals surface area contributed by atoms with Crippen molar-refractivity contribution in [1.82, 2.24) is 5.32 Å². The summed E-state index contributed by atoms with van der Waals surface area (Å²) in [7, 11) is 0. The lowest BCUT2D eigenvalue weighted by atomic mass is 9.88. The number of hydrogen-bond acceptors (Lipinski definition) is 4.